The maximum absolute atomic E-state index is 12.1. The molecule has 0 aliphatic carbocycles. The molecular weight excluding hydrogens is 586 g/mol. The monoisotopic (exact) mass is 604 g/mol. The number of halogens is 2. The van der Waals surface area contributed by atoms with Crippen LogP contribution < -0.4 is 14.8 Å². The molecule has 0 radical (unpaired) electrons. The first-order valence-electron chi connectivity index (χ1n) is 8.53. The van der Waals surface area contributed by atoms with Crippen LogP contribution in [0.1, 0.15) is 18.1 Å². The number of amides is 3. The normalized spacial score (nSPS) is 15.1. The molecule has 0 aromatic heterocycles. The highest BCUT2D eigenvalue weighted by Crippen LogP contribution is 2.35. The Bertz CT molecular complexity index is 942. The lowest BCUT2D eigenvalue weighted by Gasteiger charge is -2.15. The van der Waals surface area contributed by atoms with Gasteiger partial charge in [-0.15, -0.1) is 0 Å². The Morgan fingerprint density at radius 3 is 2.43 bits per heavy atom. The summed E-state index contributed by atoms with van der Waals surface area (Å²) in [7, 11) is 1.44. The van der Waals surface area contributed by atoms with Crippen LogP contribution in [0.3, 0.4) is 0 Å². The molecule has 1 N–H and O–H groups in total. The summed E-state index contributed by atoms with van der Waals surface area (Å²) in [5, 5.41) is 2.56. The fourth-order valence-electron chi connectivity index (χ4n) is 2.60. The smallest absolute Gasteiger partial charge is 0.328 e. The van der Waals surface area contributed by atoms with Crippen molar-refractivity contribution in [1.29, 1.82) is 0 Å². The second-order valence-corrected chi connectivity index (χ2v) is 8.44. The van der Waals surface area contributed by atoms with Crippen molar-refractivity contribution < 1.29 is 19.1 Å². The van der Waals surface area contributed by atoms with Gasteiger partial charge in [-0.2, -0.15) is 0 Å². The van der Waals surface area contributed by atoms with Crippen LogP contribution in [0.25, 0.3) is 6.08 Å². The van der Waals surface area contributed by atoms with Gasteiger partial charge in [0, 0.05) is 10.6 Å². The minimum atomic E-state index is -0.437. The average molecular weight is 604 g/mol. The highest BCUT2D eigenvalue weighted by molar-refractivity contribution is 14.1. The lowest BCUT2D eigenvalue weighted by Crippen LogP contribution is -2.25. The predicted octanol–water partition coefficient (Wildman–Crippen LogP) is 4.40. The summed E-state index contributed by atoms with van der Waals surface area (Å²) in [6.45, 7) is 2.80. The van der Waals surface area contributed by atoms with Crippen LogP contribution in [0, 0.1) is 7.14 Å². The van der Waals surface area contributed by atoms with Gasteiger partial charge in [-0.3, -0.25) is 9.69 Å². The molecule has 28 heavy (non-hydrogen) atoms. The van der Waals surface area contributed by atoms with Gasteiger partial charge < -0.3 is 14.8 Å². The number of urea groups is 1. The SMILES string of the molecule is CCOc1cc(/C=C2/NC(=O)N(C)C2=O)cc(I)c1OCc1ccc(I)cc1. The van der Waals surface area contributed by atoms with Gasteiger partial charge in [0.25, 0.3) is 5.91 Å². The summed E-state index contributed by atoms with van der Waals surface area (Å²) in [6.07, 6.45) is 1.64. The molecule has 0 saturated carbocycles. The van der Waals surface area contributed by atoms with Crippen LogP contribution in [0.5, 0.6) is 11.5 Å². The third-order valence-corrected chi connectivity index (χ3v) is 5.54. The molecule has 1 aliphatic rings. The van der Waals surface area contributed by atoms with E-state index in [9.17, 15) is 9.59 Å². The molecule has 3 rings (SSSR count). The molecule has 1 saturated heterocycles. The molecule has 1 fully saturated rings. The first-order valence-corrected chi connectivity index (χ1v) is 10.7. The molecule has 3 amide bonds. The van der Waals surface area contributed by atoms with Crippen molar-refractivity contribution in [1.82, 2.24) is 10.2 Å². The number of carbonyl (C=O) groups is 2. The van der Waals surface area contributed by atoms with E-state index in [1.807, 2.05) is 37.3 Å². The summed E-state index contributed by atoms with van der Waals surface area (Å²) in [6, 6.07) is 11.4. The number of carbonyl (C=O) groups excluding carboxylic acids is 2. The Balaban J connectivity index is 1.86. The van der Waals surface area contributed by atoms with Crippen LogP contribution in [0.15, 0.2) is 42.1 Å². The summed E-state index contributed by atoms with van der Waals surface area (Å²) < 4.78 is 13.8. The van der Waals surface area contributed by atoms with Crippen LogP contribution in [-0.4, -0.2) is 30.5 Å². The van der Waals surface area contributed by atoms with Gasteiger partial charge >= 0.3 is 6.03 Å². The standard InChI is InChI=1S/C20H18I2N2O4/c1-3-27-17-10-13(9-16-19(25)24(2)20(26)23-16)8-15(22)18(17)28-11-12-4-6-14(21)7-5-12/h4-10H,3,11H2,1-2H3,(H,23,26)/b16-9+. The van der Waals surface area contributed by atoms with Crippen molar-refractivity contribution >= 4 is 63.2 Å². The number of hydrogen-bond acceptors (Lipinski definition) is 4. The van der Waals surface area contributed by atoms with Crippen molar-refractivity contribution in [2.24, 2.45) is 0 Å². The quantitative estimate of drug-likeness (QED) is 0.302. The third-order valence-electron chi connectivity index (χ3n) is 4.02. The molecule has 0 unspecified atom stereocenters. The van der Waals surface area contributed by atoms with Crippen molar-refractivity contribution in [2.45, 2.75) is 13.5 Å². The van der Waals surface area contributed by atoms with E-state index in [0.29, 0.717) is 24.7 Å². The first kappa shape index (κ1) is 20.9. The molecule has 146 valence electrons. The van der Waals surface area contributed by atoms with Gasteiger partial charge in [0.2, 0.25) is 0 Å². The zero-order chi connectivity index (χ0) is 20.3. The second kappa shape index (κ2) is 9.12. The van der Waals surface area contributed by atoms with Gasteiger partial charge in [-0.05, 0) is 93.6 Å². The van der Waals surface area contributed by atoms with E-state index in [4.69, 9.17) is 9.47 Å². The van der Waals surface area contributed by atoms with E-state index >= 15 is 0 Å². The molecule has 6 nitrogen and oxygen atoms in total. The summed E-state index contributed by atoms with van der Waals surface area (Å²) in [5.74, 6) is 0.885. The number of imide groups is 1. The van der Waals surface area contributed by atoms with E-state index in [1.54, 1.807) is 12.1 Å². The van der Waals surface area contributed by atoms with Crippen LogP contribution in [0.2, 0.25) is 0 Å². The number of rotatable bonds is 6. The fourth-order valence-corrected chi connectivity index (χ4v) is 3.74. The molecule has 2 aromatic rings. The topological polar surface area (TPSA) is 67.9 Å². The Morgan fingerprint density at radius 1 is 1.11 bits per heavy atom. The van der Waals surface area contributed by atoms with Gasteiger partial charge in [0.05, 0.1) is 10.2 Å². The van der Waals surface area contributed by atoms with Gasteiger partial charge in [0.15, 0.2) is 11.5 Å². The van der Waals surface area contributed by atoms with Crippen molar-refractivity contribution in [3.63, 3.8) is 0 Å². The average Bonchev–Trinajstić information content (AvgIpc) is 2.89. The predicted molar refractivity (Wildman–Crippen MR) is 123 cm³/mol. The van der Waals surface area contributed by atoms with E-state index < -0.39 is 6.03 Å². The Hall–Kier alpha value is -1.82. The first-order chi connectivity index (χ1) is 13.4. The molecule has 8 heteroatoms. The minimum absolute atomic E-state index is 0.235. The third kappa shape index (κ3) is 4.77. The molecule has 0 spiro atoms. The van der Waals surface area contributed by atoms with Crippen molar-refractivity contribution in [3.8, 4) is 11.5 Å². The van der Waals surface area contributed by atoms with Crippen LogP contribution >= 0.6 is 45.2 Å². The molecule has 2 aromatic carbocycles. The van der Waals surface area contributed by atoms with E-state index in [-0.39, 0.29) is 11.6 Å². The highest BCUT2D eigenvalue weighted by Gasteiger charge is 2.30. The molecular formula is C20H18I2N2O4. The Labute approximate surface area is 190 Å². The Morgan fingerprint density at radius 2 is 1.82 bits per heavy atom. The van der Waals surface area contributed by atoms with Crippen LogP contribution in [0.4, 0.5) is 4.79 Å². The molecule has 0 bridgehead atoms. The zero-order valence-electron chi connectivity index (χ0n) is 15.3. The number of hydrogen-bond donors (Lipinski definition) is 1. The summed E-state index contributed by atoms with van der Waals surface area (Å²) >= 11 is 4.45. The maximum atomic E-state index is 12.1. The number of ether oxygens (including phenoxy) is 2. The second-order valence-electron chi connectivity index (χ2n) is 6.03. The van der Waals surface area contributed by atoms with E-state index in [2.05, 4.69) is 50.5 Å². The lowest BCUT2D eigenvalue weighted by molar-refractivity contribution is -0.121. The molecule has 0 atom stereocenters. The largest absolute Gasteiger partial charge is 0.490 e. The summed E-state index contributed by atoms with van der Waals surface area (Å²) in [4.78, 5) is 24.7. The van der Waals surface area contributed by atoms with E-state index in [1.165, 1.54) is 10.6 Å². The number of likely N-dealkylation sites (N-methyl/N-ethyl adjacent to an activating group) is 1. The maximum Gasteiger partial charge on any atom is 0.328 e. The number of benzene rings is 2. The fraction of sp³-hybridized carbons (Fsp3) is 0.200. The zero-order valence-corrected chi connectivity index (χ0v) is 19.6. The van der Waals surface area contributed by atoms with Gasteiger partial charge in [0.1, 0.15) is 12.3 Å². The molecule has 1 aliphatic heterocycles. The van der Waals surface area contributed by atoms with Crippen LogP contribution in [-0.2, 0) is 11.4 Å². The van der Waals surface area contributed by atoms with Gasteiger partial charge in [-0.25, -0.2) is 4.79 Å². The summed E-state index contributed by atoms with van der Waals surface area (Å²) in [5.41, 5.74) is 2.04. The van der Waals surface area contributed by atoms with Crippen molar-refractivity contribution in [3.05, 3.63) is 60.4 Å². The molecule has 1 heterocycles. The van der Waals surface area contributed by atoms with Crippen molar-refractivity contribution in [2.75, 3.05) is 13.7 Å². The number of nitrogens with zero attached hydrogens (tertiary/aromatic N) is 1. The Kier molecular flexibility index (Phi) is 6.81. The highest BCUT2D eigenvalue weighted by atomic mass is 127. The lowest BCUT2D eigenvalue weighted by atomic mass is 10.1. The van der Waals surface area contributed by atoms with Gasteiger partial charge in [-0.1, -0.05) is 12.1 Å². The minimum Gasteiger partial charge on any atom is -0.490 e. The van der Waals surface area contributed by atoms with E-state index in [0.717, 1.165) is 19.6 Å². The number of nitrogens with one attached hydrogen (secondary N) is 1.